The van der Waals surface area contributed by atoms with E-state index in [4.69, 9.17) is 22.4 Å². The highest BCUT2D eigenvalue weighted by molar-refractivity contribution is 6.30. The summed E-state index contributed by atoms with van der Waals surface area (Å²) in [5.41, 5.74) is 4.86. The maximum Gasteiger partial charge on any atom is 0.326 e. The van der Waals surface area contributed by atoms with E-state index < -0.39 is 29.2 Å². The summed E-state index contributed by atoms with van der Waals surface area (Å²) in [6.45, 7) is 1.42. The first kappa shape index (κ1) is 13.7. The first-order valence-electron chi connectivity index (χ1n) is 4.30. The smallest absolute Gasteiger partial charge is 0.326 e. The Labute approximate surface area is 91.8 Å². The van der Waals surface area contributed by atoms with Crippen LogP contribution in [0.2, 0.25) is 0 Å². The third kappa shape index (κ3) is 5.90. The number of alkyl halides is 1. The van der Waals surface area contributed by atoms with Crippen molar-refractivity contribution in [3.8, 4) is 0 Å². The number of halogens is 1. The van der Waals surface area contributed by atoms with Gasteiger partial charge in [0.2, 0.25) is 11.8 Å². The number of amides is 2. The molecule has 0 saturated heterocycles. The fourth-order valence-electron chi connectivity index (χ4n) is 0.831. The molecule has 7 heteroatoms. The second kappa shape index (κ2) is 6.23. The molecule has 86 valence electrons. The lowest BCUT2D eigenvalue weighted by Gasteiger charge is -2.14. The lowest BCUT2D eigenvalue weighted by atomic mass is 10.1. The van der Waals surface area contributed by atoms with Crippen LogP contribution in [0, 0.1) is 0 Å². The number of primary amides is 1. The Hall–Kier alpha value is -1.30. The molecule has 0 aromatic rings. The molecule has 0 saturated carbocycles. The zero-order valence-electron chi connectivity index (χ0n) is 8.20. The van der Waals surface area contributed by atoms with Gasteiger partial charge in [0.25, 0.3) is 0 Å². The van der Waals surface area contributed by atoms with Crippen LogP contribution < -0.4 is 11.1 Å². The van der Waals surface area contributed by atoms with Crippen LogP contribution in [0.15, 0.2) is 0 Å². The number of carbonyl (C=O) groups is 3. The van der Waals surface area contributed by atoms with Crippen LogP contribution >= 0.6 is 11.6 Å². The minimum Gasteiger partial charge on any atom is -0.480 e. The number of carbonyl (C=O) groups excluding carboxylic acids is 2. The number of carboxylic acid groups (broad SMARTS) is 1. The monoisotopic (exact) mass is 236 g/mol. The van der Waals surface area contributed by atoms with Crippen LogP contribution in [0.5, 0.6) is 0 Å². The molecule has 0 aromatic heterocycles. The SMILES string of the molecule is C[C@@H](Cl)C(=O)N[C@H](CCC(N)=O)C(=O)O. The van der Waals surface area contributed by atoms with Crippen LogP contribution in [-0.2, 0) is 14.4 Å². The Bertz CT molecular complexity index is 267. The third-order valence-electron chi connectivity index (χ3n) is 1.66. The van der Waals surface area contributed by atoms with E-state index >= 15 is 0 Å². The molecule has 6 nitrogen and oxygen atoms in total. The van der Waals surface area contributed by atoms with Gasteiger partial charge in [-0.25, -0.2) is 4.79 Å². The van der Waals surface area contributed by atoms with Gasteiger partial charge in [-0.2, -0.15) is 0 Å². The summed E-state index contributed by atoms with van der Waals surface area (Å²) in [4.78, 5) is 32.2. The van der Waals surface area contributed by atoms with Crippen molar-refractivity contribution in [2.24, 2.45) is 5.73 Å². The number of rotatable bonds is 6. The fraction of sp³-hybridized carbons (Fsp3) is 0.625. The molecule has 0 heterocycles. The van der Waals surface area contributed by atoms with Crippen molar-refractivity contribution in [2.45, 2.75) is 31.2 Å². The van der Waals surface area contributed by atoms with E-state index in [1.165, 1.54) is 6.92 Å². The summed E-state index contributed by atoms with van der Waals surface area (Å²) in [7, 11) is 0. The quantitative estimate of drug-likeness (QED) is 0.538. The Balaban J connectivity index is 4.22. The molecule has 2 amide bonds. The van der Waals surface area contributed by atoms with Gasteiger partial charge in [-0.05, 0) is 13.3 Å². The average Bonchev–Trinajstić information content (AvgIpc) is 2.10. The summed E-state index contributed by atoms with van der Waals surface area (Å²) in [6.07, 6.45) is -0.145. The fourth-order valence-corrected chi connectivity index (χ4v) is 0.894. The highest BCUT2D eigenvalue weighted by Gasteiger charge is 2.22. The molecule has 0 aliphatic carbocycles. The molecule has 0 radical (unpaired) electrons. The lowest BCUT2D eigenvalue weighted by molar-refractivity contribution is -0.142. The van der Waals surface area contributed by atoms with E-state index in [0.717, 1.165) is 0 Å². The van der Waals surface area contributed by atoms with Crippen molar-refractivity contribution < 1.29 is 19.5 Å². The van der Waals surface area contributed by atoms with Gasteiger partial charge in [-0.3, -0.25) is 9.59 Å². The summed E-state index contributed by atoms with van der Waals surface area (Å²) >= 11 is 5.44. The Morgan fingerprint density at radius 1 is 1.47 bits per heavy atom. The number of nitrogens with one attached hydrogen (secondary N) is 1. The van der Waals surface area contributed by atoms with Gasteiger partial charge in [0.05, 0.1) is 0 Å². The maximum atomic E-state index is 11.1. The number of nitrogens with two attached hydrogens (primary N) is 1. The topological polar surface area (TPSA) is 109 Å². The molecule has 0 spiro atoms. The number of aliphatic carboxylic acids is 1. The first-order chi connectivity index (χ1) is 6.84. The zero-order chi connectivity index (χ0) is 12.0. The van der Waals surface area contributed by atoms with Crippen LogP contribution in [-0.4, -0.2) is 34.3 Å². The number of hydrogen-bond acceptors (Lipinski definition) is 3. The van der Waals surface area contributed by atoms with Crippen LogP contribution in [0.1, 0.15) is 19.8 Å². The summed E-state index contributed by atoms with van der Waals surface area (Å²) in [5.74, 6) is -2.43. The maximum absolute atomic E-state index is 11.1. The zero-order valence-corrected chi connectivity index (χ0v) is 8.95. The number of carboxylic acids is 1. The number of hydrogen-bond donors (Lipinski definition) is 3. The van der Waals surface area contributed by atoms with Crippen molar-refractivity contribution in [2.75, 3.05) is 0 Å². The van der Waals surface area contributed by atoms with E-state index in [1.54, 1.807) is 0 Å². The van der Waals surface area contributed by atoms with Crippen molar-refractivity contribution in [3.05, 3.63) is 0 Å². The predicted molar refractivity (Wildman–Crippen MR) is 53.3 cm³/mol. The molecule has 15 heavy (non-hydrogen) atoms. The molecule has 0 rings (SSSR count). The molecule has 0 aromatic carbocycles. The van der Waals surface area contributed by atoms with Crippen LogP contribution in [0.4, 0.5) is 0 Å². The first-order valence-corrected chi connectivity index (χ1v) is 4.73. The molecular weight excluding hydrogens is 224 g/mol. The predicted octanol–water partition coefficient (Wildman–Crippen LogP) is -0.551. The van der Waals surface area contributed by atoms with E-state index in [9.17, 15) is 14.4 Å². The van der Waals surface area contributed by atoms with Crippen LogP contribution in [0.3, 0.4) is 0 Å². The molecule has 0 aliphatic rings. The van der Waals surface area contributed by atoms with Crippen molar-refractivity contribution in [1.29, 1.82) is 0 Å². The third-order valence-corrected chi connectivity index (χ3v) is 1.85. The van der Waals surface area contributed by atoms with Gasteiger partial charge >= 0.3 is 5.97 Å². The van der Waals surface area contributed by atoms with Crippen molar-refractivity contribution >= 4 is 29.4 Å². The average molecular weight is 237 g/mol. The van der Waals surface area contributed by atoms with E-state index in [0.29, 0.717) is 0 Å². The summed E-state index contributed by atoms with van der Waals surface area (Å²) < 4.78 is 0. The largest absolute Gasteiger partial charge is 0.480 e. The molecule has 0 aliphatic heterocycles. The Kier molecular flexibility index (Phi) is 5.69. The lowest BCUT2D eigenvalue weighted by Crippen LogP contribution is -2.44. The molecule has 4 N–H and O–H groups in total. The molecule has 0 fully saturated rings. The van der Waals surface area contributed by atoms with Gasteiger partial charge < -0.3 is 16.2 Å². The Morgan fingerprint density at radius 3 is 2.33 bits per heavy atom. The van der Waals surface area contributed by atoms with E-state index in [2.05, 4.69) is 5.32 Å². The molecule has 0 bridgehead atoms. The second-order valence-electron chi connectivity index (χ2n) is 3.02. The normalized spacial score (nSPS) is 14.0. The minimum atomic E-state index is -1.22. The molecular formula is C8H13ClN2O4. The summed E-state index contributed by atoms with van der Waals surface area (Å²) in [5, 5.41) is 10.1. The van der Waals surface area contributed by atoms with Crippen LogP contribution in [0.25, 0.3) is 0 Å². The summed E-state index contributed by atoms with van der Waals surface area (Å²) in [6, 6.07) is -1.13. The molecule has 0 unspecified atom stereocenters. The van der Waals surface area contributed by atoms with E-state index in [1.807, 2.05) is 0 Å². The highest BCUT2D eigenvalue weighted by Crippen LogP contribution is 2.00. The van der Waals surface area contributed by atoms with Gasteiger partial charge in [-0.1, -0.05) is 0 Å². The van der Waals surface area contributed by atoms with Crippen molar-refractivity contribution in [1.82, 2.24) is 5.32 Å². The van der Waals surface area contributed by atoms with Crippen molar-refractivity contribution in [3.63, 3.8) is 0 Å². The van der Waals surface area contributed by atoms with Gasteiger partial charge in [0.15, 0.2) is 0 Å². The van der Waals surface area contributed by atoms with E-state index in [-0.39, 0.29) is 12.8 Å². The minimum absolute atomic E-state index is 0.0417. The molecule has 2 atom stereocenters. The second-order valence-corrected chi connectivity index (χ2v) is 3.68. The highest BCUT2D eigenvalue weighted by atomic mass is 35.5. The van der Waals surface area contributed by atoms with Gasteiger partial charge in [0, 0.05) is 6.42 Å². The Morgan fingerprint density at radius 2 is 2.00 bits per heavy atom. The van der Waals surface area contributed by atoms with Gasteiger partial charge in [-0.15, -0.1) is 11.6 Å². The van der Waals surface area contributed by atoms with Gasteiger partial charge in [0.1, 0.15) is 11.4 Å². The standard InChI is InChI=1S/C8H13ClN2O4/c1-4(9)7(13)11-5(8(14)15)2-3-6(10)12/h4-5H,2-3H2,1H3,(H2,10,12)(H,11,13)(H,14,15)/t4-,5-/m1/s1.